The molecule has 0 aliphatic carbocycles. The molecule has 0 saturated carbocycles. The van der Waals surface area contributed by atoms with Gasteiger partial charge in [-0.05, 0) is 51.0 Å². The van der Waals surface area contributed by atoms with E-state index in [4.69, 9.17) is 0 Å². The van der Waals surface area contributed by atoms with E-state index in [9.17, 15) is 14.7 Å². The molecule has 144 valence electrons. The number of carboxylic acid groups (broad SMARTS) is 1. The number of aryl methyl sites for hydroxylation is 1. The Labute approximate surface area is 162 Å². The van der Waals surface area contributed by atoms with Gasteiger partial charge in [-0.25, -0.2) is 9.67 Å². The van der Waals surface area contributed by atoms with Crippen LogP contribution in [0.1, 0.15) is 35.9 Å². The summed E-state index contributed by atoms with van der Waals surface area (Å²) in [5.41, 5.74) is 2.63. The molecule has 4 rings (SSSR count). The highest BCUT2D eigenvalue weighted by Gasteiger charge is 2.33. The van der Waals surface area contributed by atoms with Crippen LogP contribution in [0.2, 0.25) is 0 Å². The van der Waals surface area contributed by atoms with Gasteiger partial charge in [0.05, 0.1) is 17.3 Å². The van der Waals surface area contributed by atoms with Crippen LogP contribution < -0.4 is 0 Å². The number of pyridine rings is 1. The molecule has 1 aromatic carbocycles. The predicted molar refractivity (Wildman–Crippen MR) is 104 cm³/mol. The van der Waals surface area contributed by atoms with E-state index in [1.165, 1.54) is 0 Å². The maximum atomic E-state index is 13.1. The first-order valence-corrected chi connectivity index (χ1v) is 9.41. The van der Waals surface area contributed by atoms with Crippen molar-refractivity contribution in [2.24, 2.45) is 5.92 Å². The molecule has 1 amide bonds. The lowest BCUT2D eigenvalue weighted by Crippen LogP contribution is -2.47. The van der Waals surface area contributed by atoms with Crippen LogP contribution in [-0.4, -0.2) is 49.2 Å². The number of nitrogens with zero attached hydrogens (tertiary/aromatic N) is 4. The molecule has 2 aromatic heterocycles. The summed E-state index contributed by atoms with van der Waals surface area (Å²) < 4.78 is 1.74. The number of piperidine rings is 1. The van der Waals surface area contributed by atoms with Crippen LogP contribution >= 0.6 is 0 Å². The number of likely N-dealkylation sites (tertiary alicyclic amines) is 1. The highest BCUT2D eigenvalue weighted by Crippen LogP contribution is 2.25. The molecule has 1 N–H and O–H groups in total. The summed E-state index contributed by atoms with van der Waals surface area (Å²) in [6.07, 6.45) is 1.26. The van der Waals surface area contributed by atoms with Crippen LogP contribution in [0.15, 0.2) is 42.5 Å². The van der Waals surface area contributed by atoms with Crippen molar-refractivity contribution in [1.29, 1.82) is 0 Å². The van der Waals surface area contributed by atoms with Gasteiger partial charge in [0.2, 0.25) is 0 Å². The molecular weight excluding hydrogens is 356 g/mol. The minimum atomic E-state index is -0.856. The lowest BCUT2D eigenvalue weighted by atomic mass is 9.93. The molecule has 0 bridgehead atoms. The van der Waals surface area contributed by atoms with Gasteiger partial charge in [0.15, 0.2) is 5.65 Å². The standard InChI is InChI=1S/C21H22N4O3/c1-13-8-9-15(21(27)28)12-24(13)20(26)18-11-10-17-14(2)23-25(19(17)22-18)16-6-4-3-5-7-16/h3-7,10-11,13,15H,8-9,12H2,1-2H3,(H,27,28). The molecule has 3 aromatic rings. The number of hydrogen-bond acceptors (Lipinski definition) is 4. The van der Waals surface area contributed by atoms with E-state index in [0.717, 1.165) is 16.8 Å². The minimum absolute atomic E-state index is 0.0126. The fraction of sp³-hybridized carbons (Fsp3) is 0.333. The zero-order valence-electron chi connectivity index (χ0n) is 15.9. The number of carboxylic acids is 1. The number of amides is 1. The van der Waals surface area contributed by atoms with E-state index in [1.54, 1.807) is 15.6 Å². The molecule has 1 aliphatic heterocycles. The molecule has 2 atom stereocenters. The predicted octanol–water partition coefficient (Wildman–Crippen LogP) is 3.05. The maximum Gasteiger partial charge on any atom is 0.308 e. The van der Waals surface area contributed by atoms with Crippen molar-refractivity contribution >= 4 is 22.9 Å². The molecule has 1 saturated heterocycles. The molecule has 2 unspecified atom stereocenters. The first kappa shape index (κ1) is 18.2. The number of hydrogen-bond donors (Lipinski definition) is 1. The van der Waals surface area contributed by atoms with Gasteiger partial charge in [-0.1, -0.05) is 18.2 Å². The molecule has 0 radical (unpaired) electrons. The summed E-state index contributed by atoms with van der Waals surface area (Å²) in [4.78, 5) is 30.7. The van der Waals surface area contributed by atoms with E-state index >= 15 is 0 Å². The first-order valence-electron chi connectivity index (χ1n) is 9.41. The summed E-state index contributed by atoms with van der Waals surface area (Å²) in [7, 11) is 0. The maximum absolute atomic E-state index is 13.1. The van der Waals surface area contributed by atoms with Crippen LogP contribution in [0.4, 0.5) is 0 Å². The quantitative estimate of drug-likeness (QED) is 0.757. The summed E-state index contributed by atoms with van der Waals surface area (Å²) >= 11 is 0. The molecule has 1 aliphatic rings. The molecule has 7 nitrogen and oxygen atoms in total. The molecule has 3 heterocycles. The Morgan fingerprint density at radius 2 is 1.86 bits per heavy atom. The summed E-state index contributed by atoms with van der Waals surface area (Å²) in [6.45, 7) is 4.08. The SMILES string of the molecule is Cc1nn(-c2ccccc2)c2nc(C(=O)N3CC(C(=O)O)CCC3C)ccc12. The number of para-hydroxylation sites is 1. The lowest BCUT2D eigenvalue weighted by molar-refractivity contribution is -0.143. The number of aromatic nitrogens is 3. The fourth-order valence-electron chi connectivity index (χ4n) is 3.75. The Morgan fingerprint density at radius 1 is 1.11 bits per heavy atom. The third-order valence-corrected chi connectivity index (χ3v) is 5.43. The van der Waals surface area contributed by atoms with Crippen molar-refractivity contribution in [3.8, 4) is 5.69 Å². The second-order valence-corrected chi connectivity index (χ2v) is 7.32. The Bertz CT molecular complexity index is 1040. The summed E-state index contributed by atoms with van der Waals surface area (Å²) in [6, 6.07) is 13.2. The van der Waals surface area contributed by atoms with Crippen LogP contribution in [0.25, 0.3) is 16.7 Å². The van der Waals surface area contributed by atoms with Gasteiger partial charge >= 0.3 is 5.97 Å². The van der Waals surface area contributed by atoms with Crippen molar-refractivity contribution in [3.05, 3.63) is 53.9 Å². The van der Waals surface area contributed by atoms with Gasteiger partial charge in [0, 0.05) is 18.0 Å². The molecule has 1 fully saturated rings. The van der Waals surface area contributed by atoms with E-state index in [1.807, 2.05) is 50.2 Å². The second-order valence-electron chi connectivity index (χ2n) is 7.32. The zero-order valence-corrected chi connectivity index (χ0v) is 15.9. The number of aliphatic carboxylic acids is 1. The Hall–Kier alpha value is -3.22. The number of rotatable bonds is 3. The first-order chi connectivity index (χ1) is 13.5. The lowest BCUT2D eigenvalue weighted by Gasteiger charge is -2.36. The average Bonchev–Trinajstić information content (AvgIpc) is 3.04. The van der Waals surface area contributed by atoms with E-state index in [0.29, 0.717) is 24.2 Å². The van der Waals surface area contributed by atoms with E-state index in [-0.39, 0.29) is 18.5 Å². The molecular formula is C21H22N4O3. The number of carbonyl (C=O) groups is 2. The number of fused-ring (bicyclic) bond motifs is 1. The smallest absolute Gasteiger partial charge is 0.308 e. The molecule has 28 heavy (non-hydrogen) atoms. The Kier molecular flexibility index (Phi) is 4.58. The van der Waals surface area contributed by atoms with Gasteiger partial charge in [0.1, 0.15) is 5.69 Å². The highest BCUT2D eigenvalue weighted by atomic mass is 16.4. The molecule has 0 spiro atoms. The topological polar surface area (TPSA) is 88.3 Å². The highest BCUT2D eigenvalue weighted by molar-refractivity contribution is 5.95. The fourth-order valence-corrected chi connectivity index (χ4v) is 3.75. The van der Waals surface area contributed by atoms with Crippen LogP contribution in [0, 0.1) is 12.8 Å². The van der Waals surface area contributed by atoms with Gasteiger partial charge < -0.3 is 10.0 Å². The van der Waals surface area contributed by atoms with Gasteiger partial charge in [-0.15, -0.1) is 0 Å². The Morgan fingerprint density at radius 3 is 2.57 bits per heavy atom. The number of carbonyl (C=O) groups excluding carboxylic acids is 1. The second kappa shape index (κ2) is 7.07. The van der Waals surface area contributed by atoms with E-state index in [2.05, 4.69) is 10.1 Å². The van der Waals surface area contributed by atoms with Crippen molar-refractivity contribution < 1.29 is 14.7 Å². The minimum Gasteiger partial charge on any atom is -0.481 e. The summed E-state index contributed by atoms with van der Waals surface area (Å²) in [5.74, 6) is -1.62. The molecule has 7 heteroatoms. The summed E-state index contributed by atoms with van der Waals surface area (Å²) in [5, 5.41) is 14.8. The van der Waals surface area contributed by atoms with Crippen molar-refractivity contribution in [2.75, 3.05) is 6.54 Å². The van der Waals surface area contributed by atoms with Crippen molar-refractivity contribution in [2.45, 2.75) is 32.7 Å². The van der Waals surface area contributed by atoms with Crippen LogP contribution in [0.5, 0.6) is 0 Å². The third-order valence-electron chi connectivity index (χ3n) is 5.43. The van der Waals surface area contributed by atoms with Crippen molar-refractivity contribution in [1.82, 2.24) is 19.7 Å². The normalized spacial score (nSPS) is 19.7. The average molecular weight is 378 g/mol. The largest absolute Gasteiger partial charge is 0.481 e. The van der Waals surface area contributed by atoms with Gasteiger partial charge in [-0.3, -0.25) is 9.59 Å². The van der Waals surface area contributed by atoms with E-state index < -0.39 is 11.9 Å². The van der Waals surface area contributed by atoms with Gasteiger partial charge in [0.25, 0.3) is 5.91 Å². The zero-order chi connectivity index (χ0) is 19.8. The van der Waals surface area contributed by atoms with Gasteiger partial charge in [-0.2, -0.15) is 5.10 Å². The Balaban J connectivity index is 1.73. The monoisotopic (exact) mass is 378 g/mol. The van der Waals surface area contributed by atoms with Crippen LogP contribution in [-0.2, 0) is 4.79 Å². The third kappa shape index (κ3) is 3.13. The van der Waals surface area contributed by atoms with Crippen LogP contribution in [0.3, 0.4) is 0 Å². The van der Waals surface area contributed by atoms with Crippen molar-refractivity contribution in [3.63, 3.8) is 0 Å². The number of benzene rings is 1.